The maximum absolute atomic E-state index is 4.43. The largest absolute Gasteiger partial charge is 0.312 e. The topological polar surface area (TPSA) is 42.7 Å². The van der Waals surface area contributed by atoms with Crippen LogP contribution in [0, 0.1) is 13.8 Å². The Labute approximate surface area is 121 Å². The molecule has 4 heteroatoms. The Morgan fingerprint density at radius 2 is 2.00 bits per heavy atom. The molecule has 0 bridgehead atoms. The molecule has 0 radical (unpaired) electrons. The molecule has 0 aliphatic heterocycles. The van der Waals surface area contributed by atoms with E-state index in [0.717, 1.165) is 24.2 Å². The van der Waals surface area contributed by atoms with E-state index in [1.54, 1.807) is 0 Å². The predicted molar refractivity (Wildman–Crippen MR) is 82.3 cm³/mol. The van der Waals surface area contributed by atoms with Gasteiger partial charge in [0, 0.05) is 0 Å². The average Bonchev–Trinajstić information content (AvgIpc) is 2.86. The third kappa shape index (κ3) is 2.61. The van der Waals surface area contributed by atoms with Crippen molar-refractivity contribution >= 4 is 0 Å². The minimum Gasteiger partial charge on any atom is -0.312 e. The van der Waals surface area contributed by atoms with Crippen molar-refractivity contribution in [3.8, 4) is 5.69 Å². The first-order valence-electron chi connectivity index (χ1n) is 7.31. The van der Waals surface area contributed by atoms with Gasteiger partial charge < -0.3 is 5.32 Å². The molecular formula is C16H24N4. The second kappa shape index (κ2) is 6.18. The maximum atomic E-state index is 4.43. The first kappa shape index (κ1) is 14.7. The van der Waals surface area contributed by atoms with Crippen LogP contribution in [0.4, 0.5) is 0 Å². The van der Waals surface area contributed by atoms with E-state index in [1.165, 1.54) is 16.8 Å². The van der Waals surface area contributed by atoms with Gasteiger partial charge in [0.1, 0.15) is 5.69 Å². The fraction of sp³-hybridized carbons (Fsp3) is 0.500. The summed E-state index contributed by atoms with van der Waals surface area (Å²) in [7, 11) is 1.98. The van der Waals surface area contributed by atoms with Crippen LogP contribution < -0.4 is 5.32 Å². The Hall–Kier alpha value is -1.68. The molecule has 2 rings (SSSR count). The first-order chi connectivity index (χ1) is 9.62. The Morgan fingerprint density at radius 1 is 1.25 bits per heavy atom. The summed E-state index contributed by atoms with van der Waals surface area (Å²) in [6.45, 7) is 8.55. The molecule has 1 heterocycles. The molecule has 0 aliphatic carbocycles. The number of benzene rings is 1. The molecule has 1 N–H and O–H groups in total. The lowest BCUT2D eigenvalue weighted by Crippen LogP contribution is -2.17. The number of nitrogens with one attached hydrogen (secondary N) is 1. The molecule has 0 saturated heterocycles. The van der Waals surface area contributed by atoms with Gasteiger partial charge in [-0.05, 0) is 50.9 Å². The van der Waals surface area contributed by atoms with Gasteiger partial charge >= 0.3 is 0 Å². The third-order valence-corrected chi connectivity index (χ3v) is 3.81. The van der Waals surface area contributed by atoms with Crippen molar-refractivity contribution in [3.63, 3.8) is 0 Å². The summed E-state index contributed by atoms with van der Waals surface area (Å²) in [4.78, 5) is 0. The predicted octanol–water partition coefficient (Wildman–Crippen LogP) is 3.12. The molecule has 0 amide bonds. The smallest absolute Gasteiger partial charge is 0.103 e. The Kier molecular flexibility index (Phi) is 4.55. The Morgan fingerprint density at radius 3 is 2.60 bits per heavy atom. The number of aromatic nitrogens is 3. The standard InChI is InChI=1S/C16H24N4/c1-6-13(17-5)16-14(7-2)20(19-18-16)15-10-11(3)8-9-12(15)4/h8-10,13,17H,6-7H2,1-5H3. The minimum absolute atomic E-state index is 0.267. The highest BCUT2D eigenvalue weighted by atomic mass is 15.4. The van der Waals surface area contributed by atoms with Gasteiger partial charge in [-0.25, -0.2) is 4.68 Å². The average molecular weight is 272 g/mol. The Balaban J connectivity index is 2.55. The SMILES string of the molecule is CCc1c(C(CC)NC)nnn1-c1cc(C)ccc1C. The molecule has 1 unspecified atom stereocenters. The van der Waals surface area contributed by atoms with E-state index in [-0.39, 0.29) is 6.04 Å². The van der Waals surface area contributed by atoms with Crippen LogP contribution >= 0.6 is 0 Å². The van der Waals surface area contributed by atoms with Crippen molar-refractivity contribution in [1.82, 2.24) is 20.3 Å². The number of rotatable bonds is 5. The van der Waals surface area contributed by atoms with E-state index >= 15 is 0 Å². The lowest BCUT2D eigenvalue weighted by atomic mass is 10.1. The van der Waals surface area contributed by atoms with E-state index in [1.807, 2.05) is 11.7 Å². The first-order valence-corrected chi connectivity index (χ1v) is 7.31. The highest BCUT2D eigenvalue weighted by molar-refractivity contribution is 5.44. The monoisotopic (exact) mass is 272 g/mol. The van der Waals surface area contributed by atoms with Crippen LogP contribution in [-0.2, 0) is 6.42 Å². The van der Waals surface area contributed by atoms with Gasteiger partial charge in [0.2, 0.25) is 0 Å². The number of aryl methyl sites for hydroxylation is 2. The lowest BCUT2D eigenvalue weighted by Gasteiger charge is -2.14. The summed E-state index contributed by atoms with van der Waals surface area (Å²) in [5.74, 6) is 0. The quantitative estimate of drug-likeness (QED) is 0.909. The molecule has 1 aromatic heterocycles. The highest BCUT2D eigenvalue weighted by Crippen LogP contribution is 2.23. The van der Waals surface area contributed by atoms with Crippen LogP contribution in [0.2, 0.25) is 0 Å². The lowest BCUT2D eigenvalue weighted by molar-refractivity contribution is 0.555. The fourth-order valence-corrected chi connectivity index (χ4v) is 2.59. The van der Waals surface area contributed by atoms with E-state index in [4.69, 9.17) is 0 Å². The Bertz CT molecular complexity index is 582. The molecular weight excluding hydrogens is 248 g/mol. The van der Waals surface area contributed by atoms with Crippen LogP contribution in [0.15, 0.2) is 18.2 Å². The van der Waals surface area contributed by atoms with Crippen LogP contribution in [0.25, 0.3) is 5.69 Å². The van der Waals surface area contributed by atoms with Gasteiger partial charge in [0.15, 0.2) is 0 Å². The molecule has 4 nitrogen and oxygen atoms in total. The molecule has 108 valence electrons. The van der Waals surface area contributed by atoms with Crippen LogP contribution in [0.5, 0.6) is 0 Å². The van der Waals surface area contributed by atoms with E-state index in [9.17, 15) is 0 Å². The maximum Gasteiger partial charge on any atom is 0.103 e. The van der Waals surface area contributed by atoms with Crippen LogP contribution in [0.1, 0.15) is 48.8 Å². The van der Waals surface area contributed by atoms with Gasteiger partial charge in [-0.2, -0.15) is 0 Å². The second-order valence-corrected chi connectivity index (χ2v) is 5.23. The molecule has 2 aromatic rings. The van der Waals surface area contributed by atoms with Crippen molar-refractivity contribution in [3.05, 3.63) is 40.7 Å². The van der Waals surface area contributed by atoms with Gasteiger partial charge in [0.25, 0.3) is 0 Å². The van der Waals surface area contributed by atoms with E-state index in [0.29, 0.717) is 0 Å². The fourth-order valence-electron chi connectivity index (χ4n) is 2.59. The molecule has 0 saturated carbocycles. The molecule has 20 heavy (non-hydrogen) atoms. The molecule has 0 spiro atoms. The molecule has 1 aromatic carbocycles. The molecule has 0 fully saturated rings. The minimum atomic E-state index is 0.267. The van der Waals surface area contributed by atoms with Crippen molar-refractivity contribution in [2.75, 3.05) is 7.05 Å². The molecule has 0 aliphatic rings. The summed E-state index contributed by atoms with van der Waals surface area (Å²) < 4.78 is 2.00. The zero-order valence-electron chi connectivity index (χ0n) is 13.1. The summed E-state index contributed by atoms with van der Waals surface area (Å²) in [5, 5.41) is 12.1. The summed E-state index contributed by atoms with van der Waals surface area (Å²) in [5.41, 5.74) is 5.86. The summed E-state index contributed by atoms with van der Waals surface area (Å²) >= 11 is 0. The van der Waals surface area contributed by atoms with Crippen molar-refractivity contribution in [2.45, 2.75) is 46.6 Å². The zero-order chi connectivity index (χ0) is 14.7. The zero-order valence-corrected chi connectivity index (χ0v) is 13.1. The van der Waals surface area contributed by atoms with Crippen molar-refractivity contribution in [1.29, 1.82) is 0 Å². The number of nitrogens with zero attached hydrogens (tertiary/aromatic N) is 3. The second-order valence-electron chi connectivity index (χ2n) is 5.23. The highest BCUT2D eigenvalue weighted by Gasteiger charge is 2.19. The normalized spacial score (nSPS) is 12.7. The van der Waals surface area contributed by atoms with Crippen LogP contribution in [-0.4, -0.2) is 22.0 Å². The third-order valence-electron chi connectivity index (χ3n) is 3.81. The summed E-state index contributed by atoms with van der Waals surface area (Å²) in [6, 6.07) is 6.71. The summed E-state index contributed by atoms with van der Waals surface area (Å²) in [6.07, 6.45) is 1.93. The molecule has 1 atom stereocenters. The van der Waals surface area contributed by atoms with Crippen molar-refractivity contribution in [2.24, 2.45) is 0 Å². The van der Waals surface area contributed by atoms with Gasteiger partial charge in [-0.3, -0.25) is 0 Å². The van der Waals surface area contributed by atoms with Gasteiger partial charge in [-0.1, -0.05) is 31.2 Å². The van der Waals surface area contributed by atoms with E-state index < -0.39 is 0 Å². The van der Waals surface area contributed by atoms with E-state index in [2.05, 4.69) is 61.5 Å². The van der Waals surface area contributed by atoms with Gasteiger partial charge in [-0.15, -0.1) is 5.10 Å². The number of hydrogen-bond acceptors (Lipinski definition) is 3. The van der Waals surface area contributed by atoms with Crippen molar-refractivity contribution < 1.29 is 0 Å². The van der Waals surface area contributed by atoms with Crippen LogP contribution in [0.3, 0.4) is 0 Å². The van der Waals surface area contributed by atoms with Gasteiger partial charge in [0.05, 0.1) is 17.4 Å². The number of hydrogen-bond donors (Lipinski definition) is 1.